The molecule has 1 aromatic heterocycles. The molecule has 0 unspecified atom stereocenters. The highest BCUT2D eigenvalue weighted by Crippen LogP contribution is 2.38. The number of carbonyl (C=O) groups is 1. The van der Waals surface area contributed by atoms with Crippen molar-refractivity contribution in [3.8, 4) is 0 Å². The molecule has 2 aromatic carbocycles. The zero-order chi connectivity index (χ0) is 24.0. The number of aliphatic imine (C=N–C) groups is 1. The average molecular weight is 484 g/mol. The molecule has 5 nitrogen and oxygen atoms in total. The fourth-order valence-corrected chi connectivity index (χ4v) is 4.15. The van der Waals surface area contributed by atoms with Gasteiger partial charge >= 0.3 is 12.4 Å². The second kappa shape index (κ2) is 8.25. The molecule has 4 rings (SSSR count). The SMILES string of the molecule is CN=C1NC(=O)S/C1=C\c1ccc2cnn(Cc3ccc(C(F)(F)F)cc3C(F)(F)F)c2c1. The molecule has 0 aliphatic carbocycles. The first-order valence-corrected chi connectivity index (χ1v) is 10.2. The number of thioether (sulfide) groups is 1. The van der Waals surface area contributed by atoms with Gasteiger partial charge in [-0.2, -0.15) is 31.4 Å². The van der Waals surface area contributed by atoms with E-state index in [9.17, 15) is 31.1 Å². The van der Waals surface area contributed by atoms with Gasteiger partial charge in [0.25, 0.3) is 5.24 Å². The lowest BCUT2D eigenvalue weighted by atomic mass is 10.0. The summed E-state index contributed by atoms with van der Waals surface area (Å²) in [7, 11) is 1.52. The molecule has 2 heterocycles. The molecule has 12 heteroatoms. The molecule has 1 fully saturated rings. The van der Waals surface area contributed by atoms with E-state index in [4.69, 9.17) is 0 Å². The Morgan fingerprint density at radius 1 is 1.09 bits per heavy atom. The number of halogens is 6. The predicted molar refractivity (Wildman–Crippen MR) is 113 cm³/mol. The Bertz CT molecular complexity index is 1310. The molecule has 3 aromatic rings. The van der Waals surface area contributed by atoms with Crippen LogP contribution in [0.1, 0.15) is 22.3 Å². The summed E-state index contributed by atoms with van der Waals surface area (Å²) in [5.74, 6) is 0.401. The standard InChI is InChI=1S/C21H14F6N4OS/c1-28-18-17(33-19(32)30-18)7-11-2-3-12-9-29-31(16(12)6-11)10-13-4-5-14(20(22,23)24)8-15(13)21(25,26)27/h2-9H,10H2,1H3,(H,28,30,32)/b17-7-. The number of nitrogens with one attached hydrogen (secondary N) is 1. The summed E-state index contributed by atoms with van der Waals surface area (Å²) in [6.45, 7) is -0.382. The average Bonchev–Trinajstić information content (AvgIpc) is 3.29. The summed E-state index contributed by atoms with van der Waals surface area (Å²) in [5.41, 5.74) is -1.95. The van der Waals surface area contributed by atoms with Gasteiger partial charge in [-0.1, -0.05) is 18.2 Å². The van der Waals surface area contributed by atoms with Crippen molar-refractivity contribution < 1.29 is 31.1 Å². The summed E-state index contributed by atoms with van der Waals surface area (Å²) in [6.07, 6.45) is -6.71. The highest BCUT2D eigenvalue weighted by Gasteiger charge is 2.38. The minimum absolute atomic E-state index is 0.115. The van der Waals surface area contributed by atoms with Crippen molar-refractivity contribution in [1.29, 1.82) is 0 Å². The second-order valence-electron chi connectivity index (χ2n) is 7.08. The molecule has 1 aliphatic rings. The Hall–Kier alpha value is -3.28. The number of aromatic nitrogens is 2. The van der Waals surface area contributed by atoms with E-state index in [1.165, 1.54) is 17.9 Å². The van der Waals surface area contributed by atoms with E-state index >= 15 is 0 Å². The number of amidine groups is 1. The summed E-state index contributed by atoms with van der Waals surface area (Å²) >= 11 is 0.956. The minimum atomic E-state index is -4.97. The van der Waals surface area contributed by atoms with Crippen LogP contribution in [0.25, 0.3) is 17.0 Å². The lowest BCUT2D eigenvalue weighted by Gasteiger charge is -2.16. The van der Waals surface area contributed by atoms with Crippen molar-refractivity contribution in [2.45, 2.75) is 18.9 Å². The van der Waals surface area contributed by atoms with Gasteiger partial charge in [-0.15, -0.1) is 0 Å². The maximum Gasteiger partial charge on any atom is 0.416 e. The second-order valence-corrected chi connectivity index (χ2v) is 8.10. The first-order valence-electron chi connectivity index (χ1n) is 9.36. The molecule has 1 amide bonds. The fourth-order valence-electron chi connectivity index (χ4n) is 3.37. The van der Waals surface area contributed by atoms with Crippen LogP contribution in [0.2, 0.25) is 0 Å². The van der Waals surface area contributed by atoms with Crippen LogP contribution in [0.5, 0.6) is 0 Å². The van der Waals surface area contributed by atoms with Gasteiger partial charge in [0.2, 0.25) is 0 Å². The third-order valence-electron chi connectivity index (χ3n) is 4.91. The van der Waals surface area contributed by atoms with E-state index in [1.807, 2.05) is 0 Å². The minimum Gasteiger partial charge on any atom is -0.300 e. The summed E-state index contributed by atoms with van der Waals surface area (Å²) < 4.78 is 80.6. The Balaban J connectivity index is 1.73. The number of hydrogen-bond donors (Lipinski definition) is 1. The molecule has 1 saturated heterocycles. The quantitative estimate of drug-likeness (QED) is 0.468. The maximum absolute atomic E-state index is 13.5. The van der Waals surface area contributed by atoms with Crippen LogP contribution < -0.4 is 5.32 Å². The van der Waals surface area contributed by atoms with Crippen molar-refractivity contribution in [1.82, 2.24) is 15.1 Å². The molecule has 1 aliphatic heterocycles. The van der Waals surface area contributed by atoms with Crippen molar-refractivity contribution in [3.05, 3.63) is 69.8 Å². The predicted octanol–water partition coefficient (Wildman–Crippen LogP) is 5.95. The maximum atomic E-state index is 13.5. The molecule has 0 atom stereocenters. The molecular formula is C21H14F6N4OS. The summed E-state index contributed by atoms with van der Waals surface area (Å²) in [4.78, 5) is 16.2. The molecule has 33 heavy (non-hydrogen) atoms. The van der Waals surface area contributed by atoms with Gasteiger partial charge in [-0.3, -0.25) is 14.5 Å². The van der Waals surface area contributed by atoms with Crippen LogP contribution in [-0.4, -0.2) is 27.9 Å². The van der Waals surface area contributed by atoms with Crippen molar-refractivity contribution >= 4 is 39.8 Å². The molecular weight excluding hydrogens is 470 g/mol. The normalized spacial score (nSPS) is 17.4. The summed E-state index contributed by atoms with van der Waals surface area (Å²) in [5, 5.41) is 7.05. The van der Waals surface area contributed by atoms with Gasteiger partial charge in [-0.05, 0) is 47.2 Å². The van der Waals surface area contributed by atoms with Crippen LogP contribution in [0.15, 0.2) is 52.5 Å². The van der Waals surface area contributed by atoms with E-state index in [0.717, 1.165) is 17.8 Å². The Morgan fingerprint density at radius 3 is 2.52 bits per heavy atom. The van der Waals surface area contributed by atoms with Crippen LogP contribution >= 0.6 is 11.8 Å². The highest BCUT2D eigenvalue weighted by molar-refractivity contribution is 8.18. The van der Waals surface area contributed by atoms with Crippen molar-refractivity contribution in [3.63, 3.8) is 0 Å². The van der Waals surface area contributed by atoms with Crippen molar-refractivity contribution in [2.24, 2.45) is 4.99 Å². The number of carbonyl (C=O) groups excluding carboxylic acids is 1. The lowest BCUT2D eigenvalue weighted by Crippen LogP contribution is -2.18. The Labute approximate surface area is 187 Å². The van der Waals surface area contributed by atoms with Gasteiger partial charge < -0.3 is 5.32 Å². The van der Waals surface area contributed by atoms with Gasteiger partial charge in [0, 0.05) is 12.4 Å². The number of amides is 1. The largest absolute Gasteiger partial charge is 0.416 e. The van der Waals surface area contributed by atoms with E-state index < -0.39 is 23.5 Å². The van der Waals surface area contributed by atoms with Gasteiger partial charge in [-0.25, -0.2) is 0 Å². The first kappa shape index (κ1) is 22.9. The topological polar surface area (TPSA) is 59.3 Å². The van der Waals surface area contributed by atoms with Crippen LogP contribution in [0, 0.1) is 0 Å². The third-order valence-corrected chi connectivity index (χ3v) is 5.73. The van der Waals surface area contributed by atoms with E-state index in [0.29, 0.717) is 33.3 Å². The Morgan fingerprint density at radius 2 is 1.85 bits per heavy atom. The number of benzene rings is 2. The third kappa shape index (κ3) is 4.75. The van der Waals surface area contributed by atoms with Crippen LogP contribution in [-0.2, 0) is 18.9 Å². The number of hydrogen-bond acceptors (Lipinski definition) is 4. The lowest BCUT2D eigenvalue weighted by molar-refractivity contribution is -0.143. The first-order chi connectivity index (χ1) is 15.5. The Kier molecular flexibility index (Phi) is 5.72. The van der Waals surface area contributed by atoms with E-state index in [-0.39, 0.29) is 23.4 Å². The number of rotatable bonds is 3. The number of nitrogens with zero attached hydrogens (tertiary/aromatic N) is 3. The molecule has 172 valence electrons. The van der Waals surface area contributed by atoms with E-state index in [1.54, 1.807) is 24.3 Å². The number of fused-ring (bicyclic) bond motifs is 1. The van der Waals surface area contributed by atoms with Crippen LogP contribution in [0.3, 0.4) is 0 Å². The molecule has 0 spiro atoms. The molecule has 0 radical (unpaired) electrons. The molecule has 0 bridgehead atoms. The zero-order valence-electron chi connectivity index (χ0n) is 16.8. The van der Waals surface area contributed by atoms with Crippen molar-refractivity contribution in [2.75, 3.05) is 7.05 Å². The highest BCUT2D eigenvalue weighted by atomic mass is 32.2. The molecule has 1 N–H and O–H groups in total. The molecule has 0 saturated carbocycles. The van der Waals surface area contributed by atoms with E-state index in [2.05, 4.69) is 15.4 Å². The van der Waals surface area contributed by atoms with Gasteiger partial charge in [0.05, 0.1) is 34.3 Å². The smallest absolute Gasteiger partial charge is 0.300 e. The summed E-state index contributed by atoms with van der Waals surface area (Å²) in [6, 6.07) is 6.69. The van der Waals surface area contributed by atoms with Gasteiger partial charge in [0.15, 0.2) is 0 Å². The fraction of sp³-hybridized carbons (Fsp3) is 0.190. The van der Waals surface area contributed by atoms with Gasteiger partial charge in [0.1, 0.15) is 5.84 Å². The monoisotopic (exact) mass is 484 g/mol. The number of alkyl halides is 6. The zero-order valence-corrected chi connectivity index (χ0v) is 17.6. The van der Waals surface area contributed by atoms with Crippen LogP contribution in [0.4, 0.5) is 31.1 Å².